The Morgan fingerprint density at radius 3 is 3.14 bits per heavy atom. The number of amides is 2. The Bertz CT molecular complexity index is 687. The predicted molar refractivity (Wildman–Crippen MR) is 75.6 cm³/mol. The quantitative estimate of drug-likeness (QED) is 0.914. The fourth-order valence-corrected chi connectivity index (χ4v) is 2.44. The Morgan fingerprint density at radius 1 is 1.43 bits per heavy atom. The molecule has 2 N–H and O–H groups in total. The fraction of sp³-hybridized carbons (Fsp3) is 0.308. The first kappa shape index (κ1) is 13.8. The molecule has 2 aromatic rings. The van der Waals surface area contributed by atoms with Gasteiger partial charge in [-0.3, -0.25) is 0 Å². The summed E-state index contributed by atoms with van der Waals surface area (Å²) in [5.74, 6) is 0.981. The molecule has 0 aliphatic carbocycles. The Morgan fingerprint density at radius 2 is 2.29 bits per heavy atom. The number of carbonyl (C=O) groups is 1. The molecule has 0 unspecified atom stereocenters. The average Bonchev–Trinajstić information content (AvgIpc) is 3.05. The average molecular weight is 310 g/mol. The van der Waals surface area contributed by atoms with Gasteiger partial charge in [0.05, 0.1) is 17.3 Å². The van der Waals surface area contributed by atoms with E-state index < -0.39 is 11.8 Å². The zero-order valence-electron chi connectivity index (χ0n) is 11.1. The van der Waals surface area contributed by atoms with E-state index in [1.54, 1.807) is 6.07 Å². The molecular weight excluding hydrogens is 297 g/mol. The molecule has 2 heterocycles. The van der Waals surface area contributed by atoms with Crippen LogP contribution in [0.3, 0.4) is 0 Å². The third kappa shape index (κ3) is 2.82. The molecule has 0 spiro atoms. The summed E-state index contributed by atoms with van der Waals surface area (Å²) in [7, 11) is 0. The van der Waals surface area contributed by atoms with Crippen molar-refractivity contribution in [2.75, 3.05) is 5.32 Å². The number of rotatable bonds is 3. The Balaban J connectivity index is 1.60. The highest BCUT2D eigenvalue weighted by Crippen LogP contribution is 2.21. The lowest BCUT2D eigenvalue weighted by Gasteiger charge is -2.09. The first-order valence-electron chi connectivity index (χ1n) is 6.55. The van der Waals surface area contributed by atoms with E-state index in [2.05, 4.69) is 20.8 Å². The number of aryl methyl sites for hydroxylation is 1. The van der Waals surface area contributed by atoms with Crippen LogP contribution in [0, 0.1) is 5.82 Å². The van der Waals surface area contributed by atoms with Gasteiger partial charge in [-0.15, -0.1) is 10.2 Å². The molecular formula is C13H13ClFN5O. The van der Waals surface area contributed by atoms with Crippen molar-refractivity contribution >= 4 is 23.3 Å². The molecule has 2 amide bonds. The molecule has 0 radical (unpaired) electrons. The molecule has 0 saturated heterocycles. The third-order valence-electron chi connectivity index (χ3n) is 3.29. The van der Waals surface area contributed by atoms with Crippen LogP contribution in [0.25, 0.3) is 0 Å². The molecule has 8 heteroatoms. The highest BCUT2D eigenvalue weighted by molar-refractivity contribution is 6.31. The van der Waals surface area contributed by atoms with Crippen molar-refractivity contribution in [3.63, 3.8) is 0 Å². The zero-order valence-corrected chi connectivity index (χ0v) is 11.8. The van der Waals surface area contributed by atoms with Crippen LogP contribution in [0.1, 0.15) is 18.1 Å². The lowest BCUT2D eigenvalue weighted by atomic mass is 10.3. The third-order valence-corrected chi connectivity index (χ3v) is 3.58. The van der Waals surface area contributed by atoms with E-state index in [0.29, 0.717) is 5.82 Å². The van der Waals surface area contributed by atoms with Crippen molar-refractivity contribution < 1.29 is 9.18 Å². The van der Waals surface area contributed by atoms with Crippen LogP contribution in [0.15, 0.2) is 18.2 Å². The molecule has 6 nitrogen and oxygen atoms in total. The zero-order chi connectivity index (χ0) is 14.8. The summed E-state index contributed by atoms with van der Waals surface area (Å²) >= 11 is 5.65. The fourth-order valence-electron chi connectivity index (χ4n) is 2.27. The van der Waals surface area contributed by atoms with Crippen molar-refractivity contribution in [2.45, 2.75) is 25.9 Å². The van der Waals surface area contributed by atoms with Gasteiger partial charge in [-0.05, 0) is 18.6 Å². The van der Waals surface area contributed by atoms with E-state index in [1.165, 1.54) is 12.1 Å². The van der Waals surface area contributed by atoms with Gasteiger partial charge in [0.2, 0.25) is 0 Å². The minimum Gasteiger partial charge on any atom is -0.331 e. The number of aromatic nitrogens is 3. The second kappa shape index (κ2) is 5.69. The van der Waals surface area contributed by atoms with E-state index in [-0.39, 0.29) is 17.3 Å². The van der Waals surface area contributed by atoms with E-state index in [1.807, 2.05) is 4.57 Å². The lowest BCUT2D eigenvalue weighted by molar-refractivity contribution is 0.251. The first-order chi connectivity index (χ1) is 10.1. The van der Waals surface area contributed by atoms with Crippen LogP contribution < -0.4 is 10.6 Å². The Kier molecular flexibility index (Phi) is 3.74. The predicted octanol–water partition coefficient (Wildman–Crippen LogP) is 2.34. The molecule has 1 aliphatic rings. The summed E-state index contributed by atoms with van der Waals surface area (Å²) in [6, 6.07) is 3.90. The standard InChI is InChI=1S/C13H13ClFN5O/c14-8-3-1-4-9(12(8)15)17-13(21)16-7-11-19-18-10-5-2-6-20(10)11/h1,3-4H,2,5-7H2,(H2,16,17,21). The van der Waals surface area contributed by atoms with E-state index in [9.17, 15) is 9.18 Å². The van der Waals surface area contributed by atoms with Crippen molar-refractivity contribution in [1.29, 1.82) is 0 Å². The molecule has 21 heavy (non-hydrogen) atoms. The molecule has 3 rings (SSSR count). The number of halogens is 2. The second-order valence-corrected chi connectivity index (χ2v) is 5.10. The van der Waals surface area contributed by atoms with E-state index >= 15 is 0 Å². The number of urea groups is 1. The van der Waals surface area contributed by atoms with Crippen LogP contribution in [-0.2, 0) is 19.5 Å². The molecule has 1 aromatic carbocycles. The van der Waals surface area contributed by atoms with Crippen LogP contribution in [0.2, 0.25) is 5.02 Å². The van der Waals surface area contributed by atoms with Crippen molar-refractivity contribution in [1.82, 2.24) is 20.1 Å². The van der Waals surface area contributed by atoms with Gasteiger partial charge in [-0.2, -0.15) is 0 Å². The monoisotopic (exact) mass is 309 g/mol. The van der Waals surface area contributed by atoms with Crippen LogP contribution in [0.5, 0.6) is 0 Å². The van der Waals surface area contributed by atoms with Crippen molar-refractivity contribution in [2.24, 2.45) is 0 Å². The summed E-state index contributed by atoms with van der Waals surface area (Å²) in [5, 5.41) is 13.1. The summed E-state index contributed by atoms with van der Waals surface area (Å²) in [6.45, 7) is 1.10. The largest absolute Gasteiger partial charge is 0.331 e. The minimum absolute atomic E-state index is 0.0338. The van der Waals surface area contributed by atoms with Gasteiger partial charge >= 0.3 is 6.03 Å². The van der Waals surface area contributed by atoms with Crippen molar-refractivity contribution in [3.05, 3.63) is 40.7 Å². The van der Waals surface area contributed by atoms with Gasteiger partial charge in [0.15, 0.2) is 11.6 Å². The molecule has 0 saturated carbocycles. The lowest BCUT2D eigenvalue weighted by Crippen LogP contribution is -2.29. The Hall–Kier alpha value is -2.15. The van der Waals surface area contributed by atoms with Gasteiger partial charge < -0.3 is 15.2 Å². The van der Waals surface area contributed by atoms with Crippen molar-refractivity contribution in [3.8, 4) is 0 Å². The number of benzene rings is 1. The van der Waals surface area contributed by atoms with Crippen LogP contribution in [-0.4, -0.2) is 20.8 Å². The number of anilines is 1. The number of hydrogen-bond donors (Lipinski definition) is 2. The van der Waals surface area contributed by atoms with Gasteiger partial charge in [0.1, 0.15) is 5.82 Å². The maximum atomic E-state index is 13.7. The normalized spacial score (nSPS) is 13.0. The number of fused-ring (bicyclic) bond motifs is 1. The molecule has 0 fully saturated rings. The van der Waals surface area contributed by atoms with Gasteiger partial charge in [-0.1, -0.05) is 17.7 Å². The molecule has 110 valence electrons. The summed E-state index contributed by atoms with van der Waals surface area (Å²) in [4.78, 5) is 11.8. The highest BCUT2D eigenvalue weighted by Gasteiger charge is 2.17. The first-order valence-corrected chi connectivity index (χ1v) is 6.93. The maximum absolute atomic E-state index is 13.7. The molecule has 1 aliphatic heterocycles. The van der Waals surface area contributed by atoms with Gasteiger partial charge in [-0.25, -0.2) is 9.18 Å². The Labute approximate surface area is 125 Å². The maximum Gasteiger partial charge on any atom is 0.319 e. The highest BCUT2D eigenvalue weighted by atomic mass is 35.5. The minimum atomic E-state index is -0.655. The molecule has 0 bridgehead atoms. The molecule has 1 aromatic heterocycles. The SMILES string of the molecule is O=C(NCc1nnc2n1CCC2)Nc1cccc(Cl)c1F. The molecule has 0 atom stereocenters. The van der Waals surface area contributed by atoms with E-state index in [4.69, 9.17) is 11.6 Å². The summed E-state index contributed by atoms with van der Waals surface area (Å²) in [5.41, 5.74) is 0.0338. The van der Waals surface area contributed by atoms with Gasteiger partial charge in [0, 0.05) is 13.0 Å². The number of nitrogens with zero attached hydrogens (tertiary/aromatic N) is 3. The number of nitrogens with one attached hydrogen (secondary N) is 2. The smallest absolute Gasteiger partial charge is 0.319 e. The summed E-state index contributed by atoms with van der Waals surface area (Å²) < 4.78 is 15.6. The number of carbonyl (C=O) groups excluding carboxylic acids is 1. The summed E-state index contributed by atoms with van der Waals surface area (Å²) in [6.07, 6.45) is 1.95. The van der Waals surface area contributed by atoms with E-state index in [0.717, 1.165) is 25.2 Å². The van der Waals surface area contributed by atoms with Gasteiger partial charge in [0.25, 0.3) is 0 Å². The second-order valence-electron chi connectivity index (χ2n) is 4.70. The van der Waals surface area contributed by atoms with Crippen LogP contribution in [0.4, 0.5) is 14.9 Å². The van der Waals surface area contributed by atoms with Crippen LogP contribution >= 0.6 is 11.6 Å². The number of hydrogen-bond acceptors (Lipinski definition) is 3. The topological polar surface area (TPSA) is 71.8 Å².